The van der Waals surface area contributed by atoms with Crippen molar-refractivity contribution in [1.82, 2.24) is 4.57 Å². The van der Waals surface area contributed by atoms with E-state index in [-0.39, 0.29) is 5.69 Å². The van der Waals surface area contributed by atoms with Gasteiger partial charge in [0, 0.05) is 11.9 Å². The summed E-state index contributed by atoms with van der Waals surface area (Å²) < 4.78 is 7.45. The molecule has 0 radical (unpaired) electrons. The number of carbonyl (C=O) groups is 1. The second-order valence-electron chi connectivity index (χ2n) is 5.53. The second-order valence-corrected chi connectivity index (χ2v) is 5.53. The van der Waals surface area contributed by atoms with Gasteiger partial charge in [0.25, 0.3) is 0 Å². The molecule has 0 amide bonds. The number of hydrogen-bond donors (Lipinski definition) is 1. The van der Waals surface area contributed by atoms with E-state index in [1.54, 1.807) is 6.07 Å². The van der Waals surface area contributed by atoms with Crippen molar-refractivity contribution in [1.29, 1.82) is 0 Å². The normalized spacial score (nSPS) is 10.9. The number of carboxylic acid groups (broad SMARTS) is 1. The number of fused-ring (bicyclic) bond motifs is 1. The van der Waals surface area contributed by atoms with Crippen LogP contribution in [-0.2, 0) is 6.54 Å². The summed E-state index contributed by atoms with van der Waals surface area (Å²) in [5.74, 6) is -0.217. The maximum atomic E-state index is 11.6. The lowest BCUT2D eigenvalue weighted by molar-refractivity contribution is 0.0686. The highest BCUT2D eigenvalue weighted by Crippen LogP contribution is 2.30. The number of aromatic nitrogens is 1. The SMILES string of the molecule is CCOc1cccc2c1cc(C(=O)O)n2Cc1ccc(C)cc1. The number of ether oxygens (including phenoxy) is 1. The zero-order valence-electron chi connectivity index (χ0n) is 13.2. The molecule has 2 aromatic carbocycles. The van der Waals surface area contributed by atoms with Crippen LogP contribution in [0.3, 0.4) is 0 Å². The first-order valence-electron chi connectivity index (χ1n) is 7.64. The molecule has 118 valence electrons. The summed E-state index contributed by atoms with van der Waals surface area (Å²) in [6, 6.07) is 15.5. The van der Waals surface area contributed by atoms with Crippen LogP contribution in [-0.4, -0.2) is 22.2 Å². The molecule has 0 saturated carbocycles. The second kappa shape index (κ2) is 6.16. The van der Waals surface area contributed by atoms with Crippen molar-refractivity contribution in [3.63, 3.8) is 0 Å². The summed E-state index contributed by atoms with van der Waals surface area (Å²) in [6.45, 7) is 5.01. The number of hydrogen-bond acceptors (Lipinski definition) is 2. The Morgan fingerprint density at radius 2 is 1.91 bits per heavy atom. The smallest absolute Gasteiger partial charge is 0.352 e. The lowest BCUT2D eigenvalue weighted by atomic mass is 10.1. The fourth-order valence-corrected chi connectivity index (χ4v) is 2.76. The molecule has 1 heterocycles. The van der Waals surface area contributed by atoms with Gasteiger partial charge in [0.15, 0.2) is 0 Å². The molecule has 0 saturated heterocycles. The highest BCUT2D eigenvalue weighted by Gasteiger charge is 2.17. The Hall–Kier alpha value is -2.75. The first-order valence-corrected chi connectivity index (χ1v) is 7.64. The van der Waals surface area contributed by atoms with Gasteiger partial charge in [-0.05, 0) is 37.6 Å². The molecule has 0 aliphatic rings. The lowest BCUT2D eigenvalue weighted by Gasteiger charge is -2.10. The van der Waals surface area contributed by atoms with Gasteiger partial charge in [0.1, 0.15) is 11.4 Å². The molecular weight excluding hydrogens is 290 g/mol. The van der Waals surface area contributed by atoms with Gasteiger partial charge in [-0.3, -0.25) is 0 Å². The molecule has 0 aliphatic carbocycles. The predicted molar refractivity (Wildman–Crippen MR) is 90.3 cm³/mol. The van der Waals surface area contributed by atoms with E-state index in [0.29, 0.717) is 13.2 Å². The van der Waals surface area contributed by atoms with E-state index in [1.165, 1.54) is 5.56 Å². The molecule has 3 rings (SSSR count). The van der Waals surface area contributed by atoms with Crippen LogP contribution in [0.1, 0.15) is 28.5 Å². The Balaban J connectivity index is 2.13. The average Bonchev–Trinajstić information content (AvgIpc) is 2.90. The number of nitrogens with zero attached hydrogens (tertiary/aromatic N) is 1. The average molecular weight is 309 g/mol. The third-order valence-electron chi connectivity index (χ3n) is 3.89. The molecule has 0 unspecified atom stereocenters. The van der Waals surface area contributed by atoms with Crippen LogP contribution in [0.4, 0.5) is 0 Å². The van der Waals surface area contributed by atoms with Gasteiger partial charge in [0.05, 0.1) is 12.1 Å². The number of rotatable bonds is 5. The highest BCUT2D eigenvalue weighted by atomic mass is 16.5. The molecule has 0 aliphatic heterocycles. The molecule has 4 heteroatoms. The van der Waals surface area contributed by atoms with E-state index in [1.807, 2.05) is 60.9 Å². The minimum atomic E-state index is -0.934. The summed E-state index contributed by atoms with van der Waals surface area (Å²) >= 11 is 0. The first kappa shape index (κ1) is 15.2. The Labute approximate surface area is 134 Å². The van der Waals surface area contributed by atoms with Crippen molar-refractivity contribution in [3.8, 4) is 5.75 Å². The molecule has 0 atom stereocenters. The van der Waals surface area contributed by atoms with Crippen LogP contribution in [0.2, 0.25) is 0 Å². The molecule has 0 fully saturated rings. The van der Waals surface area contributed by atoms with E-state index in [0.717, 1.165) is 22.2 Å². The van der Waals surface area contributed by atoms with Gasteiger partial charge in [-0.2, -0.15) is 0 Å². The highest BCUT2D eigenvalue weighted by molar-refractivity contribution is 5.97. The van der Waals surface area contributed by atoms with Gasteiger partial charge < -0.3 is 14.4 Å². The Morgan fingerprint density at radius 3 is 2.57 bits per heavy atom. The van der Waals surface area contributed by atoms with Crippen LogP contribution in [0.15, 0.2) is 48.5 Å². The topological polar surface area (TPSA) is 51.5 Å². The summed E-state index contributed by atoms with van der Waals surface area (Å²) in [6.07, 6.45) is 0. The predicted octanol–water partition coefficient (Wildman–Crippen LogP) is 4.09. The van der Waals surface area contributed by atoms with Crippen molar-refractivity contribution in [2.75, 3.05) is 6.61 Å². The fourth-order valence-electron chi connectivity index (χ4n) is 2.76. The van der Waals surface area contributed by atoms with E-state index in [2.05, 4.69) is 0 Å². The number of benzene rings is 2. The minimum absolute atomic E-state index is 0.271. The standard InChI is InChI=1S/C19H19NO3/c1-3-23-18-6-4-5-16-15(18)11-17(19(21)22)20(16)12-14-9-7-13(2)8-10-14/h4-11H,3,12H2,1-2H3,(H,21,22). The fraction of sp³-hybridized carbons (Fsp3) is 0.211. The number of aromatic carboxylic acids is 1. The Morgan fingerprint density at radius 1 is 1.17 bits per heavy atom. The van der Waals surface area contributed by atoms with Gasteiger partial charge in [0.2, 0.25) is 0 Å². The third kappa shape index (κ3) is 2.93. The van der Waals surface area contributed by atoms with Crippen molar-refractivity contribution in [3.05, 3.63) is 65.4 Å². The molecule has 4 nitrogen and oxygen atoms in total. The molecular formula is C19H19NO3. The van der Waals surface area contributed by atoms with Gasteiger partial charge in [-0.25, -0.2) is 4.79 Å². The van der Waals surface area contributed by atoms with E-state index in [9.17, 15) is 9.90 Å². The van der Waals surface area contributed by atoms with Crippen LogP contribution in [0, 0.1) is 6.92 Å². The number of carboxylic acids is 1. The molecule has 0 spiro atoms. The maximum Gasteiger partial charge on any atom is 0.352 e. The zero-order chi connectivity index (χ0) is 16.4. The summed E-state index contributed by atoms with van der Waals surface area (Å²) in [5, 5.41) is 10.4. The summed E-state index contributed by atoms with van der Waals surface area (Å²) in [5.41, 5.74) is 3.39. The summed E-state index contributed by atoms with van der Waals surface area (Å²) in [4.78, 5) is 11.6. The Bertz CT molecular complexity index is 847. The van der Waals surface area contributed by atoms with Gasteiger partial charge >= 0.3 is 5.97 Å². The number of aryl methyl sites for hydroxylation is 1. The maximum absolute atomic E-state index is 11.6. The first-order chi connectivity index (χ1) is 11.1. The van der Waals surface area contributed by atoms with Crippen LogP contribution >= 0.6 is 0 Å². The van der Waals surface area contributed by atoms with Gasteiger partial charge in [-0.1, -0.05) is 35.9 Å². The molecule has 1 aromatic heterocycles. The molecule has 23 heavy (non-hydrogen) atoms. The van der Waals surface area contributed by atoms with Crippen LogP contribution in [0.5, 0.6) is 5.75 Å². The quantitative estimate of drug-likeness (QED) is 0.772. The third-order valence-corrected chi connectivity index (χ3v) is 3.89. The Kier molecular flexibility index (Phi) is 4.06. The van der Waals surface area contributed by atoms with Crippen molar-refractivity contribution >= 4 is 16.9 Å². The monoisotopic (exact) mass is 309 g/mol. The zero-order valence-corrected chi connectivity index (χ0v) is 13.2. The largest absolute Gasteiger partial charge is 0.493 e. The van der Waals surface area contributed by atoms with Crippen LogP contribution < -0.4 is 4.74 Å². The molecule has 3 aromatic rings. The van der Waals surface area contributed by atoms with Crippen LogP contribution in [0.25, 0.3) is 10.9 Å². The summed E-state index contributed by atoms with van der Waals surface area (Å²) in [7, 11) is 0. The lowest BCUT2D eigenvalue weighted by Crippen LogP contribution is -2.09. The minimum Gasteiger partial charge on any atom is -0.493 e. The van der Waals surface area contributed by atoms with E-state index in [4.69, 9.17) is 4.74 Å². The van der Waals surface area contributed by atoms with Crippen molar-refractivity contribution in [2.24, 2.45) is 0 Å². The molecule has 0 bridgehead atoms. The van der Waals surface area contributed by atoms with Gasteiger partial charge in [-0.15, -0.1) is 0 Å². The molecule has 1 N–H and O–H groups in total. The van der Waals surface area contributed by atoms with E-state index < -0.39 is 5.97 Å². The van der Waals surface area contributed by atoms with Crippen molar-refractivity contribution in [2.45, 2.75) is 20.4 Å². The van der Waals surface area contributed by atoms with Crippen molar-refractivity contribution < 1.29 is 14.6 Å². The van der Waals surface area contributed by atoms with E-state index >= 15 is 0 Å².